The Morgan fingerprint density at radius 1 is 1.36 bits per heavy atom. The molecule has 0 bridgehead atoms. The van der Waals surface area contributed by atoms with E-state index >= 15 is 0 Å². The zero-order chi connectivity index (χ0) is 10.7. The van der Waals surface area contributed by atoms with Crippen LogP contribution in [0.1, 0.15) is 47.0 Å². The Balaban J connectivity index is 2.64. The van der Waals surface area contributed by atoms with Crippen LogP contribution in [0.25, 0.3) is 0 Å². The van der Waals surface area contributed by atoms with Gasteiger partial charge in [0.05, 0.1) is 0 Å². The second kappa shape index (κ2) is 4.81. The largest absolute Gasteiger partial charge is 0.462 e. The van der Waals surface area contributed by atoms with Gasteiger partial charge in [0.2, 0.25) is 0 Å². The minimum Gasteiger partial charge on any atom is -0.462 e. The molecule has 0 aromatic carbocycles. The average Bonchev–Trinajstić information content (AvgIpc) is 2.01. The molecule has 82 valence electrons. The Kier molecular flexibility index (Phi) is 3.97. The third-order valence-electron chi connectivity index (χ3n) is 3.32. The van der Waals surface area contributed by atoms with Crippen molar-refractivity contribution in [3.05, 3.63) is 0 Å². The van der Waals surface area contributed by atoms with Gasteiger partial charge >= 0.3 is 5.97 Å². The van der Waals surface area contributed by atoms with Gasteiger partial charge in [-0.25, -0.2) is 0 Å². The Labute approximate surface area is 87.0 Å². The number of esters is 1. The van der Waals surface area contributed by atoms with E-state index in [0.717, 1.165) is 6.42 Å². The van der Waals surface area contributed by atoms with Gasteiger partial charge < -0.3 is 4.74 Å². The van der Waals surface area contributed by atoms with Crippen LogP contribution in [-0.4, -0.2) is 12.1 Å². The van der Waals surface area contributed by atoms with E-state index in [9.17, 15) is 4.79 Å². The van der Waals surface area contributed by atoms with E-state index in [1.54, 1.807) is 0 Å². The number of hydrogen-bond donors (Lipinski definition) is 0. The molecule has 0 heterocycles. The fourth-order valence-corrected chi connectivity index (χ4v) is 2.83. The van der Waals surface area contributed by atoms with Gasteiger partial charge in [-0.3, -0.25) is 4.79 Å². The van der Waals surface area contributed by atoms with E-state index in [0.29, 0.717) is 17.8 Å². The molecule has 1 aliphatic carbocycles. The molecule has 0 saturated heterocycles. The summed E-state index contributed by atoms with van der Waals surface area (Å²) < 4.78 is 5.40. The molecular weight excluding hydrogens is 176 g/mol. The molecule has 1 rings (SSSR count). The second-order valence-electron chi connectivity index (χ2n) is 4.88. The average molecular weight is 198 g/mol. The molecule has 0 aromatic heterocycles. The molecule has 0 aromatic rings. The lowest BCUT2D eigenvalue weighted by molar-refractivity contribution is -0.153. The lowest BCUT2D eigenvalue weighted by Crippen LogP contribution is -2.37. The monoisotopic (exact) mass is 198 g/mol. The predicted octanol–water partition coefficient (Wildman–Crippen LogP) is 3.01. The van der Waals surface area contributed by atoms with Gasteiger partial charge in [0, 0.05) is 12.8 Å². The van der Waals surface area contributed by atoms with E-state index in [1.807, 2.05) is 0 Å². The van der Waals surface area contributed by atoms with Crippen molar-refractivity contribution >= 4 is 5.97 Å². The SMILES string of the molecule is CC(=O)O[C@@H]1CCC[C@H](C)[C@@H]1C(C)C. The van der Waals surface area contributed by atoms with Gasteiger partial charge in [0.1, 0.15) is 6.10 Å². The Morgan fingerprint density at radius 3 is 2.50 bits per heavy atom. The van der Waals surface area contributed by atoms with Crippen molar-refractivity contribution in [2.24, 2.45) is 17.8 Å². The quantitative estimate of drug-likeness (QED) is 0.637. The first-order valence-electron chi connectivity index (χ1n) is 5.69. The van der Waals surface area contributed by atoms with Crippen LogP contribution in [0.15, 0.2) is 0 Å². The zero-order valence-corrected chi connectivity index (χ0v) is 9.75. The molecule has 1 saturated carbocycles. The van der Waals surface area contributed by atoms with Crippen molar-refractivity contribution < 1.29 is 9.53 Å². The summed E-state index contributed by atoms with van der Waals surface area (Å²) in [6.07, 6.45) is 3.69. The number of ether oxygens (including phenoxy) is 1. The molecular formula is C12H22O2. The standard InChI is InChI=1S/C12H22O2/c1-8(2)12-9(3)6-5-7-11(12)14-10(4)13/h8-9,11-12H,5-7H2,1-4H3/t9-,11+,12-/m0/s1. The van der Waals surface area contributed by atoms with Crippen LogP contribution in [0.4, 0.5) is 0 Å². The summed E-state index contributed by atoms with van der Waals surface area (Å²) in [6.45, 7) is 8.24. The van der Waals surface area contributed by atoms with Crippen molar-refractivity contribution in [1.82, 2.24) is 0 Å². The molecule has 0 unspecified atom stereocenters. The maximum Gasteiger partial charge on any atom is 0.302 e. The zero-order valence-electron chi connectivity index (χ0n) is 9.75. The maximum absolute atomic E-state index is 11.0. The molecule has 3 atom stereocenters. The lowest BCUT2D eigenvalue weighted by atomic mass is 9.72. The predicted molar refractivity (Wildman–Crippen MR) is 56.9 cm³/mol. The first-order chi connectivity index (χ1) is 6.52. The van der Waals surface area contributed by atoms with Crippen LogP contribution in [0.2, 0.25) is 0 Å². The van der Waals surface area contributed by atoms with Crippen LogP contribution in [0, 0.1) is 17.8 Å². The van der Waals surface area contributed by atoms with Crippen molar-refractivity contribution in [3.63, 3.8) is 0 Å². The summed E-state index contributed by atoms with van der Waals surface area (Å²) in [5.74, 6) is 1.71. The highest BCUT2D eigenvalue weighted by molar-refractivity contribution is 5.66. The Bertz CT molecular complexity index is 198. The number of hydrogen-bond acceptors (Lipinski definition) is 2. The molecule has 0 radical (unpaired) electrons. The first kappa shape index (κ1) is 11.5. The van der Waals surface area contributed by atoms with E-state index in [4.69, 9.17) is 4.74 Å². The van der Waals surface area contributed by atoms with Crippen LogP contribution < -0.4 is 0 Å². The summed E-state index contributed by atoms with van der Waals surface area (Å²) in [4.78, 5) is 11.0. The fourth-order valence-electron chi connectivity index (χ4n) is 2.83. The van der Waals surface area contributed by atoms with Crippen molar-refractivity contribution in [1.29, 1.82) is 0 Å². The topological polar surface area (TPSA) is 26.3 Å². The first-order valence-corrected chi connectivity index (χ1v) is 5.69. The third kappa shape index (κ3) is 2.73. The summed E-state index contributed by atoms with van der Waals surface area (Å²) in [5.41, 5.74) is 0. The van der Waals surface area contributed by atoms with Crippen LogP contribution >= 0.6 is 0 Å². The molecule has 1 fully saturated rings. The third-order valence-corrected chi connectivity index (χ3v) is 3.32. The smallest absolute Gasteiger partial charge is 0.302 e. The lowest BCUT2D eigenvalue weighted by Gasteiger charge is -2.38. The highest BCUT2D eigenvalue weighted by atomic mass is 16.5. The Morgan fingerprint density at radius 2 is 2.00 bits per heavy atom. The Hall–Kier alpha value is -0.530. The van der Waals surface area contributed by atoms with Crippen molar-refractivity contribution in [2.75, 3.05) is 0 Å². The molecule has 2 heteroatoms. The van der Waals surface area contributed by atoms with Gasteiger partial charge in [-0.05, 0) is 24.7 Å². The molecule has 0 spiro atoms. The highest BCUT2D eigenvalue weighted by Crippen LogP contribution is 2.36. The summed E-state index contributed by atoms with van der Waals surface area (Å²) in [7, 11) is 0. The van der Waals surface area contributed by atoms with Gasteiger partial charge in [-0.15, -0.1) is 0 Å². The van der Waals surface area contributed by atoms with Crippen LogP contribution in [0.5, 0.6) is 0 Å². The summed E-state index contributed by atoms with van der Waals surface area (Å²) in [5, 5.41) is 0. The van der Waals surface area contributed by atoms with Gasteiger partial charge in [-0.2, -0.15) is 0 Å². The second-order valence-corrected chi connectivity index (χ2v) is 4.88. The van der Waals surface area contributed by atoms with E-state index in [-0.39, 0.29) is 12.1 Å². The molecule has 1 aliphatic rings. The van der Waals surface area contributed by atoms with E-state index in [2.05, 4.69) is 20.8 Å². The van der Waals surface area contributed by atoms with Gasteiger partial charge in [-0.1, -0.05) is 27.2 Å². The van der Waals surface area contributed by atoms with Gasteiger partial charge in [0.25, 0.3) is 0 Å². The number of carbonyl (C=O) groups excluding carboxylic acids is 1. The van der Waals surface area contributed by atoms with E-state index < -0.39 is 0 Å². The molecule has 0 N–H and O–H groups in total. The molecule has 0 amide bonds. The van der Waals surface area contributed by atoms with Crippen LogP contribution in [0.3, 0.4) is 0 Å². The van der Waals surface area contributed by atoms with Gasteiger partial charge in [0.15, 0.2) is 0 Å². The fraction of sp³-hybridized carbons (Fsp3) is 0.917. The molecule has 0 aliphatic heterocycles. The summed E-state index contributed by atoms with van der Waals surface area (Å²) in [6, 6.07) is 0. The number of carbonyl (C=O) groups is 1. The minimum absolute atomic E-state index is 0.130. The number of rotatable bonds is 2. The van der Waals surface area contributed by atoms with E-state index in [1.165, 1.54) is 19.8 Å². The summed E-state index contributed by atoms with van der Waals surface area (Å²) >= 11 is 0. The van der Waals surface area contributed by atoms with Crippen molar-refractivity contribution in [2.45, 2.75) is 53.1 Å². The van der Waals surface area contributed by atoms with Crippen molar-refractivity contribution in [3.8, 4) is 0 Å². The normalized spacial score (nSPS) is 33.1. The van der Waals surface area contributed by atoms with Crippen LogP contribution in [-0.2, 0) is 9.53 Å². The highest BCUT2D eigenvalue weighted by Gasteiger charge is 2.34. The minimum atomic E-state index is -0.130. The molecule has 14 heavy (non-hydrogen) atoms. The molecule has 2 nitrogen and oxygen atoms in total. The maximum atomic E-state index is 11.0.